The molecule has 8 heteroatoms. The summed E-state index contributed by atoms with van der Waals surface area (Å²) in [5.41, 5.74) is 3.49. The van der Waals surface area contributed by atoms with Gasteiger partial charge in [-0.25, -0.2) is 4.99 Å². The first-order chi connectivity index (χ1) is 15.6. The van der Waals surface area contributed by atoms with Gasteiger partial charge in [0.1, 0.15) is 11.5 Å². The van der Waals surface area contributed by atoms with E-state index in [9.17, 15) is 0 Å². The van der Waals surface area contributed by atoms with E-state index in [-0.39, 0.29) is 30.0 Å². The van der Waals surface area contributed by atoms with Gasteiger partial charge in [0.2, 0.25) is 0 Å². The number of aliphatic imine (C=N–C) groups is 1. The van der Waals surface area contributed by atoms with E-state index in [0.29, 0.717) is 6.54 Å². The summed E-state index contributed by atoms with van der Waals surface area (Å²) in [6.45, 7) is 9.55. The second-order valence-electron chi connectivity index (χ2n) is 7.83. The summed E-state index contributed by atoms with van der Waals surface area (Å²) in [6, 6.07) is 14.7. The maximum absolute atomic E-state index is 5.57. The number of rotatable bonds is 9. The van der Waals surface area contributed by atoms with Crippen LogP contribution in [0.4, 0.5) is 0 Å². The van der Waals surface area contributed by atoms with Crippen molar-refractivity contribution < 1.29 is 14.2 Å². The molecule has 1 heterocycles. The third-order valence-electron chi connectivity index (χ3n) is 5.64. The van der Waals surface area contributed by atoms with E-state index in [2.05, 4.69) is 53.6 Å². The number of hydrogen-bond donors (Lipinski definition) is 2. The molecule has 7 nitrogen and oxygen atoms in total. The first kappa shape index (κ1) is 27.2. The molecule has 1 unspecified atom stereocenters. The summed E-state index contributed by atoms with van der Waals surface area (Å²) in [5, 5.41) is 6.91. The Kier molecular flexibility index (Phi) is 11.8. The highest BCUT2D eigenvalue weighted by atomic mass is 127. The molecule has 3 rings (SSSR count). The molecular formula is C25H37IN4O3. The van der Waals surface area contributed by atoms with Crippen LogP contribution < -0.4 is 20.1 Å². The zero-order chi connectivity index (χ0) is 22.8. The lowest BCUT2D eigenvalue weighted by atomic mass is 10.0. The fourth-order valence-electron chi connectivity index (χ4n) is 3.85. The van der Waals surface area contributed by atoms with Gasteiger partial charge < -0.3 is 24.8 Å². The lowest BCUT2D eigenvalue weighted by molar-refractivity contribution is 0.0170. The van der Waals surface area contributed by atoms with E-state index in [1.807, 2.05) is 18.2 Å². The van der Waals surface area contributed by atoms with Crippen LogP contribution in [0.3, 0.4) is 0 Å². The van der Waals surface area contributed by atoms with E-state index in [1.165, 1.54) is 11.1 Å². The largest absolute Gasteiger partial charge is 0.497 e. The molecule has 0 bridgehead atoms. The van der Waals surface area contributed by atoms with Crippen LogP contribution in [0.2, 0.25) is 0 Å². The highest BCUT2D eigenvalue weighted by Crippen LogP contribution is 2.24. The molecule has 0 aliphatic carbocycles. The molecule has 0 aromatic heterocycles. The van der Waals surface area contributed by atoms with Crippen molar-refractivity contribution in [3.63, 3.8) is 0 Å². The highest BCUT2D eigenvalue weighted by Gasteiger charge is 2.23. The molecule has 1 aliphatic rings. The van der Waals surface area contributed by atoms with Crippen molar-refractivity contribution in [1.82, 2.24) is 15.5 Å². The molecule has 33 heavy (non-hydrogen) atoms. The lowest BCUT2D eigenvalue weighted by Crippen LogP contribution is -2.46. The van der Waals surface area contributed by atoms with E-state index in [4.69, 9.17) is 19.2 Å². The van der Waals surface area contributed by atoms with Crippen LogP contribution in [0, 0.1) is 6.92 Å². The quantitative estimate of drug-likeness (QED) is 0.273. The standard InChI is InChI=1S/C25H36N4O3.HI/c1-5-26-25(27-17-21-7-6-19(2)16-24(21)31-4)28-18-23(29-12-14-32-15-13-29)20-8-10-22(30-3)11-9-20;/h6-11,16,23H,5,12-15,17-18H2,1-4H3,(H2,26,27,28);1H. The van der Waals surface area contributed by atoms with Gasteiger partial charge in [-0.3, -0.25) is 4.90 Å². The smallest absolute Gasteiger partial charge is 0.191 e. The van der Waals surface area contributed by atoms with E-state index >= 15 is 0 Å². The van der Waals surface area contributed by atoms with Gasteiger partial charge in [0.05, 0.1) is 40.0 Å². The number of hydrogen-bond acceptors (Lipinski definition) is 5. The molecule has 0 radical (unpaired) electrons. The van der Waals surface area contributed by atoms with Gasteiger partial charge in [-0.15, -0.1) is 24.0 Å². The zero-order valence-corrected chi connectivity index (χ0v) is 22.4. The van der Waals surface area contributed by atoms with Gasteiger partial charge in [0.15, 0.2) is 5.96 Å². The Balaban J connectivity index is 0.00000385. The number of ether oxygens (including phenoxy) is 3. The van der Waals surface area contributed by atoms with Crippen molar-refractivity contribution in [1.29, 1.82) is 0 Å². The predicted octanol–water partition coefficient (Wildman–Crippen LogP) is 3.76. The van der Waals surface area contributed by atoms with Crippen LogP contribution in [0.15, 0.2) is 47.5 Å². The third-order valence-corrected chi connectivity index (χ3v) is 5.64. The van der Waals surface area contributed by atoms with Crippen molar-refractivity contribution in [2.75, 3.05) is 53.6 Å². The van der Waals surface area contributed by atoms with Crippen LogP contribution in [0.1, 0.15) is 29.7 Å². The Morgan fingerprint density at radius 1 is 1.06 bits per heavy atom. The average molecular weight is 569 g/mol. The minimum Gasteiger partial charge on any atom is -0.497 e. The molecule has 0 amide bonds. The molecule has 2 aromatic carbocycles. The fourth-order valence-corrected chi connectivity index (χ4v) is 3.85. The summed E-state index contributed by atoms with van der Waals surface area (Å²) in [6.07, 6.45) is 0. The van der Waals surface area contributed by atoms with Gasteiger partial charge in [-0.2, -0.15) is 0 Å². The molecule has 2 aromatic rings. The predicted molar refractivity (Wildman–Crippen MR) is 144 cm³/mol. The van der Waals surface area contributed by atoms with Gasteiger partial charge in [-0.05, 0) is 43.2 Å². The topological polar surface area (TPSA) is 67.4 Å². The first-order valence-electron chi connectivity index (χ1n) is 11.3. The highest BCUT2D eigenvalue weighted by molar-refractivity contribution is 14.0. The number of methoxy groups -OCH3 is 2. The number of benzene rings is 2. The second kappa shape index (κ2) is 14.3. The van der Waals surface area contributed by atoms with Crippen molar-refractivity contribution in [3.8, 4) is 11.5 Å². The Labute approximate surface area is 214 Å². The number of nitrogens with zero attached hydrogens (tertiary/aromatic N) is 2. The molecule has 182 valence electrons. The summed E-state index contributed by atoms with van der Waals surface area (Å²) in [7, 11) is 3.39. The van der Waals surface area contributed by atoms with Crippen molar-refractivity contribution in [3.05, 3.63) is 59.2 Å². The molecule has 0 saturated carbocycles. The van der Waals surface area contributed by atoms with Gasteiger partial charge >= 0.3 is 0 Å². The second-order valence-corrected chi connectivity index (χ2v) is 7.83. The molecule has 2 N–H and O–H groups in total. The normalized spacial score (nSPS) is 15.3. The summed E-state index contributed by atoms with van der Waals surface area (Å²) in [4.78, 5) is 7.27. The van der Waals surface area contributed by atoms with E-state index in [0.717, 1.165) is 62.4 Å². The summed E-state index contributed by atoms with van der Waals surface area (Å²) < 4.78 is 16.4. The average Bonchev–Trinajstić information content (AvgIpc) is 2.84. The van der Waals surface area contributed by atoms with Crippen molar-refractivity contribution in [2.45, 2.75) is 26.4 Å². The van der Waals surface area contributed by atoms with Gasteiger partial charge in [0.25, 0.3) is 0 Å². The van der Waals surface area contributed by atoms with Gasteiger partial charge in [0, 0.05) is 31.7 Å². The maximum atomic E-state index is 5.57. The molecule has 1 fully saturated rings. The monoisotopic (exact) mass is 568 g/mol. The number of halogens is 1. The third kappa shape index (κ3) is 8.04. The minimum absolute atomic E-state index is 0. The van der Waals surface area contributed by atoms with Crippen LogP contribution in [-0.2, 0) is 11.3 Å². The Bertz CT molecular complexity index is 870. The number of morpholine rings is 1. The minimum atomic E-state index is 0. The Hall–Kier alpha value is -2.04. The first-order valence-corrected chi connectivity index (χ1v) is 11.3. The van der Waals surface area contributed by atoms with Crippen LogP contribution in [-0.4, -0.2) is 64.5 Å². The van der Waals surface area contributed by atoms with E-state index < -0.39 is 0 Å². The maximum Gasteiger partial charge on any atom is 0.191 e. The molecular weight excluding hydrogens is 531 g/mol. The Morgan fingerprint density at radius 3 is 2.42 bits per heavy atom. The fraction of sp³-hybridized carbons (Fsp3) is 0.480. The van der Waals surface area contributed by atoms with Crippen molar-refractivity contribution >= 4 is 29.9 Å². The SMILES string of the molecule is CCNC(=NCc1ccc(C)cc1OC)NCC(c1ccc(OC)cc1)N1CCOCC1.I. The summed E-state index contributed by atoms with van der Waals surface area (Å²) >= 11 is 0. The van der Waals surface area contributed by atoms with Crippen LogP contribution in [0.5, 0.6) is 11.5 Å². The molecule has 1 saturated heterocycles. The number of guanidine groups is 1. The van der Waals surface area contributed by atoms with Crippen LogP contribution in [0.25, 0.3) is 0 Å². The lowest BCUT2D eigenvalue weighted by Gasteiger charge is -2.35. The molecule has 1 aliphatic heterocycles. The van der Waals surface area contributed by atoms with Crippen LogP contribution >= 0.6 is 24.0 Å². The number of nitrogens with one attached hydrogen (secondary N) is 2. The van der Waals surface area contributed by atoms with E-state index in [1.54, 1.807) is 14.2 Å². The molecule has 1 atom stereocenters. The Morgan fingerprint density at radius 2 is 1.79 bits per heavy atom. The zero-order valence-electron chi connectivity index (χ0n) is 20.1. The number of aryl methyl sites for hydroxylation is 1. The van der Waals surface area contributed by atoms with Crippen molar-refractivity contribution in [2.24, 2.45) is 4.99 Å². The molecule has 0 spiro atoms. The van der Waals surface area contributed by atoms with Gasteiger partial charge in [-0.1, -0.05) is 24.3 Å². The summed E-state index contributed by atoms with van der Waals surface area (Å²) in [5.74, 6) is 2.53.